The first-order valence-corrected chi connectivity index (χ1v) is 9.45. The van der Waals surface area contributed by atoms with Crippen LogP contribution in [0.3, 0.4) is 0 Å². The van der Waals surface area contributed by atoms with Crippen LogP contribution in [0.15, 0.2) is 34.7 Å². The van der Waals surface area contributed by atoms with Crippen molar-refractivity contribution in [3.8, 4) is 11.5 Å². The monoisotopic (exact) mass is 517 g/mol. The molecule has 1 amide bonds. The zero-order valence-electron chi connectivity index (χ0n) is 15.0. The molecule has 0 atom stereocenters. The van der Waals surface area contributed by atoms with Gasteiger partial charge in [-0.1, -0.05) is 5.10 Å². The van der Waals surface area contributed by atoms with Crippen LogP contribution in [0.5, 0.6) is 0 Å². The van der Waals surface area contributed by atoms with Gasteiger partial charge < -0.3 is 20.4 Å². The van der Waals surface area contributed by atoms with Gasteiger partial charge >= 0.3 is 6.01 Å². The topological polar surface area (TPSA) is 92.1 Å². The second kappa shape index (κ2) is 9.11. The van der Waals surface area contributed by atoms with E-state index >= 15 is 0 Å². The number of rotatable bonds is 7. The van der Waals surface area contributed by atoms with E-state index in [9.17, 15) is 18.0 Å². The van der Waals surface area contributed by atoms with Gasteiger partial charge in [-0.25, -0.2) is 13.2 Å². The third kappa shape index (κ3) is 5.16. The molecule has 1 heterocycles. The van der Waals surface area contributed by atoms with E-state index in [1.165, 1.54) is 25.1 Å². The molecular weight excluding hydrogens is 502 g/mol. The van der Waals surface area contributed by atoms with Crippen molar-refractivity contribution in [2.75, 3.05) is 23.7 Å². The number of aromatic nitrogens is 2. The first-order valence-electron chi connectivity index (χ1n) is 8.37. The molecule has 1 aromatic heterocycles. The summed E-state index contributed by atoms with van der Waals surface area (Å²) in [7, 11) is 0. The van der Waals surface area contributed by atoms with Gasteiger partial charge in [0.05, 0.1) is 16.9 Å². The molecule has 0 spiro atoms. The Hall–Kier alpha value is -2.83. The lowest BCUT2D eigenvalue weighted by Gasteiger charge is -2.12. The Kier molecular flexibility index (Phi) is 6.56. The molecule has 0 fully saturated rings. The number of halogens is 4. The van der Waals surface area contributed by atoms with Gasteiger partial charge in [-0.3, -0.25) is 4.79 Å². The van der Waals surface area contributed by atoms with E-state index < -0.39 is 17.5 Å². The fraction of sp³-hybridized carbons (Fsp3) is 0.167. The Labute approximate surface area is 177 Å². The lowest BCUT2D eigenvalue weighted by molar-refractivity contribution is -0.118. The van der Waals surface area contributed by atoms with Crippen LogP contribution in [-0.2, 0) is 4.79 Å². The molecule has 0 bridgehead atoms. The second-order valence-electron chi connectivity index (χ2n) is 5.86. The van der Waals surface area contributed by atoms with Gasteiger partial charge in [0.2, 0.25) is 5.91 Å². The van der Waals surface area contributed by atoms with Gasteiger partial charge in [-0.2, -0.15) is 0 Å². The molecule has 2 aromatic carbocycles. The van der Waals surface area contributed by atoms with E-state index in [0.717, 1.165) is 6.07 Å². The molecule has 11 heteroatoms. The largest absolute Gasteiger partial charge is 0.403 e. The number of carbonyl (C=O) groups is 1. The molecule has 0 saturated carbocycles. The molecule has 3 N–H and O–H groups in total. The van der Waals surface area contributed by atoms with Crippen LogP contribution < -0.4 is 16.0 Å². The Morgan fingerprint density at radius 3 is 2.62 bits per heavy atom. The fourth-order valence-electron chi connectivity index (χ4n) is 2.39. The zero-order valence-corrected chi connectivity index (χ0v) is 17.2. The minimum Gasteiger partial charge on any atom is -0.403 e. The number of anilines is 3. The number of nitrogens with zero attached hydrogens (tertiary/aromatic N) is 2. The van der Waals surface area contributed by atoms with Crippen LogP contribution >= 0.6 is 22.6 Å². The highest BCUT2D eigenvalue weighted by Crippen LogP contribution is 2.34. The van der Waals surface area contributed by atoms with Gasteiger partial charge in [-0.15, -0.1) is 5.10 Å². The van der Waals surface area contributed by atoms with Crippen molar-refractivity contribution < 1.29 is 22.4 Å². The molecule has 0 aliphatic rings. The first-order chi connectivity index (χ1) is 13.8. The van der Waals surface area contributed by atoms with Crippen molar-refractivity contribution in [3.05, 3.63) is 51.4 Å². The van der Waals surface area contributed by atoms with Crippen LogP contribution in [0.4, 0.5) is 30.6 Å². The van der Waals surface area contributed by atoms with Crippen LogP contribution in [0.25, 0.3) is 11.5 Å². The van der Waals surface area contributed by atoms with E-state index in [1.807, 2.05) is 22.6 Å². The summed E-state index contributed by atoms with van der Waals surface area (Å²) >= 11 is 1.94. The van der Waals surface area contributed by atoms with Gasteiger partial charge in [0.1, 0.15) is 5.82 Å². The maximum Gasteiger partial charge on any atom is 0.315 e. The van der Waals surface area contributed by atoms with Gasteiger partial charge in [-0.05, 0) is 52.9 Å². The maximum absolute atomic E-state index is 14.5. The average Bonchev–Trinajstić information content (AvgIpc) is 3.13. The van der Waals surface area contributed by atoms with E-state index in [4.69, 9.17) is 4.42 Å². The molecular formula is C18H15F3IN5O2. The molecule has 152 valence electrons. The van der Waals surface area contributed by atoms with Crippen molar-refractivity contribution in [2.45, 2.75) is 6.92 Å². The highest BCUT2D eigenvalue weighted by atomic mass is 127. The minimum absolute atomic E-state index is 0.0291. The van der Waals surface area contributed by atoms with Crippen molar-refractivity contribution in [3.63, 3.8) is 0 Å². The van der Waals surface area contributed by atoms with Crippen LogP contribution in [0.1, 0.15) is 6.92 Å². The van der Waals surface area contributed by atoms with Crippen LogP contribution in [0.2, 0.25) is 0 Å². The molecule has 29 heavy (non-hydrogen) atoms. The number of carbonyl (C=O) groups excluding carboxylic acids is 1. The molecule has 0 aliphatic heterocycles. The number of nitrogens with one attached hydrogen (secondary N) is 3. The summed E-state index contributed by atoms with van der Waals surface area (Å²) in [6.45, 7) is 2.04. The molecule has 0 saturated heterocycles. The van der Waals surface area contributed by atoms with E-state index in [2.05, 4.69) is 26.1 Å². The van der Waals surface area contributed by atoms with E-state index in [-0.39, 0.29) is 34.8 Å². The molecule has 0 radical (unpaired) electrons. The lowest BCUT2D eigenvalue weighted by atomic mass is 10.1. The molecule has 3 aromatic rings. The smallest absolute Gasteiger partial charge is 0.315 e. The zero-order chi connectivity index (χ0) is 21.0. The molecule has 0 unspecified atom stereocenters. The summed E-state index contributed by atoms with van der Waals surface area (Å²) in [4.78, 5) is 10.8. The number of benzene rings is 2. The Morgan fingerprint density at radius 1 is 1.10 bits per heavy atom. The lowest BCUT2D eigenvalue weighted by Crippen LogP contribution is -2.26. The number of amides is 1. The highest BCUT2D eigenvalue weighted by Gasteiger charge is 2.20. The predicted octanol–water partition coefficient (Wildman–Crippen LogP) is 4.05. The van der Waals surface area contributed by atoms with E-state index in [0.29, 0.717) is 16.7 Å². The van der Waals surface area contributed by atoms with Crippen molar-refractivity contribution in [2.24, 2.45) is 0 Å². The average molecular weight is 517 g/mol. The van der Waals surface area contributed by atoms with Gasteiger partial charge in [0, 0.05) is 23.6 Å². The Balaban J connectivity index is 1.86. The summed E-state index contributed by atoms with van der Waals surface area (Å²) < 4.78 is 48.5. The highest BCUT2D eigenvalue weighted by molar-refractivity contribution is 14.1. The summed E-state index contributed by atoms with van der Waals surface area (Å²) in [6, 6.07) is 6.47. The Morgan fingerprint density at radius 2 is 1.90 bits per heavy atom. The first kappa shape index (κ1) is 20.9. The Bertz CT molecular complexity index is 1040. The second-order valence-corrected chi connectivity index (χ2v) is 7.10. The van der Waals surface area contributed by atoms with Crippen LogP contribution in [-0.4, -0.2) is 29.2 Å². The van der Waals surface area contributed by atoms with Gasteiger partial charge in [0.15, 0.2) is 11.6 Å². The van der Waals surface area contributed by atoms with Crippen molar-refractivity contribution in [1.82, 2.24) is 15.5 Å². The fourth-order valence-corrected chi connectivity index (χ4v) is 2.84. The third-order valence-corrected chi connectivity index (χ3v) is 4.39. The summed E-state index contributed by atoms with van der Waals surface area (Å²) in [6.07, 6.45) is 0. The number of hydrogen-bond donors (Lipinski definition) is 3. The van der Waals surface area contributed by atoms with Crippen molar-refractivity contribution >= 4 is 45.9 Å². The quantitative estimate of drug-likeness (QED) is 0.324. The maximum atomic E-state index is 14.5. The minimum atomic E-state index is -1.21. The normalized spacial score (nSPS) is 10.7. The van der Waals surface area contributed by atoms with E-state index in [1.54, 1.807) is 6.07 Å². The molecule has 7 nitrogen and oxygen atoms in total. The van der Waals surface area contributed by atoms with Crippen LogP contribution in [0, 0.1) is 21.0 Å². The standard InChI is InChI=1S/C18H15F3IN5O2/c1-9(28)23-6-7-24-18-27-26-17(29-18)11-3-4-12(19)15(21)16(11)25-14-5-2-10(22)8-13(14)20/h2-5,8,25H,6-7H2,1H3,(H,23,28)(H,24,27). The summed E-state index contributed by atoms with van der Waals surface area (Å²) in [5.41, 5.74) is -0.313. The van der Waals surface area contributed by atoms with Crippen molar-refractivity contribution in [1.29, 1.82) is 0 Å². The predicted molar refractivity (Wildman–Crippen MR) is 109 cm³/mol. The third-order valence-electron chi connectivity index (χ3n) is 3.72. The summed E-state index contributed by atoms with van der Waals surface area (Å²) in [5.74, 6) is -3.23. The SMILES string of the molecule is CC(=O)NCCNc1nnc(-c2ccc(F)c(F)c2Nc2ccc(I)cc2F)o1. The van der Waals surface area contributed by atoms with Gasteiger partial charge in [0.25, 0.3) is 5.89 Å². The summed E-state index contributed by atoms with van der Waals surface area (Å²) in [5, 5.41) is 15.5. The molecule has 3 rings (SSSR count). The number of hydrogen-bond acceptors (Lipinski definition) is 6. The molecule has 0 aliphatic carbocycles.